The molecule has 260 valence electrons. The lowest BCUT2D eigenvalue weighted by Crippen LogP contribution is -2.45. The molecule has 0 radical (unpaired) electrons. The number of aliphatic imine (C=N–C) groups is 1. The van der Waals surface area contributed by atoms with Crippen molar-refractivity contribution in [3.05, 3.63) is 108 Å². The number of nitrogens with zero attached hydrogens (tertiary/aromatic N) is 6. The van der Waals surface area contributed by atoms with E-state index < -0.39 is 10.0 Å². The molecule has 51 heavy (non-hydrogen) atoms. The van der Waals surface area contributed by atoms with E-state index in [2.05, 4.69) is 20.3 Å². The fraction of sp³-hybridized carbons (Fsp3) is 0.216. The highest BCUT2D eigenvalue weighted by Crippen LogP contribution is 2.38. The van der Waals surface area contributed by atoms with Crippen LogP contribution in [0, 0.1) is 0 Å². The molecule has 0 bridgehead atoms. The van der Waals surface area contributed by atoms with Gasteiger partial charge in [-0.05, 0) is 59.9 Å². The Hall–Kier alpha value is -5.86. The van der Waals surface area contributed by atoms with Gasteiger partial charge in [0.15, 0.2) is 23.1 Å². The smallest absolute Gasteiger partial charge is 0.243 e. The Bertz CT molecular complexity index is 2240. The van der Waals surface area contributed by atoms with E-state index in [0.717, 1.165) is 40.0 Å². The third-order valence-electron chi connectivity index (χ3n) is 8.98. The SMILES string of the molecule is COc1cc(C2=C(c3ccnc(N[C@@H]4CCCN(S(=O)(=O)c5ccc(-c6cnc(N)c(OC)c6)cc5)C4)n3)N=C(c3ccccc3)C2)cnc1N. The van der Waals surface area contributed by atoms with Crippen molar-refractivity contribution in [1.29, 1.82) is 0 Å². The van der Waals surface area contributed by atoms with Crippen LogP contribution in [0.3, 0.4) is 0 Å². The number of nitrogen functional groups attached to an aromatic ring is 2. The molecule has 1 fully saturated rings. The van der Waals surface area contributed by atoms with Gasteiger partial charge >= 0.3 is 0 Å². The summed E-state index contributed by atoms with van der Waals surface area (Å²) in [7, 11) is -0.685. The van der Waals surface area contributed by atoms with Crippen LogP contribution in [-0.4, -0.2) is 71.7 Å². The Kier molecular flexibility index (Phi) is 9.34. The fourth-order valence-corrected chi connectivity index (χ4v) is 7.81. The number of anilines is 3. The Morgan fingerprint density at radius 2 is 1.51 bits per heavy atom. The molecule has 7 rings (SSSR count). The maximum Gasteiger partial charge on any atom is 0.243 e. The molecule has 13 nitrogen and oxygen atoms in total. The third-order valence-corrected chi connectivity index (χ3v) is 10.9. The van der Waals surface area contributed by atoms with E-state index in [9.17, 15) is 8.42 Å². The van der Waals surface area contributed by atoms with Gasteiger partial charge in [0.2, 0.25) is 16.0 Å². The molecule has 14 heteroatoms. The van der Waals surface area contributed by atoms with Gasteiger partial charge in [0.25, 0.3) is 0 Å². The summed E-state index contributed by atoms with van der Waals surface area (Å²) in [6, 6.07) is 22.0. The minimum absolute atomic E-state index is 0.206. The van der Waals surface area contributed by atoms with Gasteiger partial charge in [-0.25, -0.2) is 33.3 Å². The number of piperidine rings is 1. The van der Waals surface area contributed by atoms with Gasteiger partial charge < -0.3 is 26.3 Å². The quantitative estimate of drug-likeness (QED) is 0.175. The van der Waals surface area contributed by atoms with Gasteiger partial charge in [-0.3, -0.25) is 0 Å². The number of hydrogen-bond donors (Lipinski definition) is 3. The number of aromatic nitrogens is 4. The van der Waals surface area contributed by atoms with E-state index in [0.29, 0.717) is 54.0 Å². The lowest BCUT2D eigenvalue weighted by atomic mass is 9.98. The lowest BCUT2D eigenvalue weighted by Gasteiger charge is -2.32. The molecule has 0 amide bonds. The second-order valence-electron chi connectivity index (χ2n) is 12.2. The first-order valence-corrected chi connectivity index (χ1v) is 17.8. The van der Waals surface area contributed by atoms with Crippen molar-refractivity contribution < 1.29 is 17.9 Å². The van der Waals surface area contributed by atoms with Gasteiger partial charge in [-0.2, -0.15) is 4.31 Å². The van der Waals surface area contributed by atoms with E-state index in [1.54, 1.807) is 56.0 Å². The van der Waals surface area contributed by atoms with Gasteiger partial charge in [-0.15, -0.1) is 0 Å². The van der Waals surface area contributed by atoms with Gasteiger partial charge in [-0.1, -0.05) is 42.5 Å². The molecule has 2 aliphatic rings. The number of pyridine rings is 2. The summed E-state index contributed by atoms with van der Waals surface area (Å²) in [5, 5.41) is 3.39. The number of ether oxygens (including phenoxy) is 2. The van der Waals surface area contributed by atoms with Crippen LogP contribution in [0.15, 0.2) is 101 Å². The number of rotatable bonds is 10. The van der Waals surface area contributed by atoms with Crippen molar-refractivity contribution >= 4 is 44.6 Å². The second-order valence-corrected chi connectivity index (χ2v) is 14.1. The summed E-state index contributed by atoms with van der Waals surface area (Å²) in [4.78, 5) is 23.1. The van der Waals surface area contributed by atoms with Crippen LogP contribution in [0.4, 0.5) is 17.6 Å². The van der Waals surface area contributed by atoms with Crippen molar-refractivity contribution in [2.75, 3.05) is 44.1 Å². The number of nitrogens with one attached hydrogen (secondary N) is 1. The number of nitrogens with two attached hydrogens (primary N) is 2. The Morgan fingerprint density at radius 1 is 0.824 bits per heavy atom. The van der Waals surface area contributed by atoms with Crippen molar-refractivity contribution in [3.63, 3.8) is 0 Å². The van der Waals surface area contributed by atoms with Crippen LogP contribution in [0.5, 0.6) is 11.5 Å². The van der Waals surface area contributed by atoms with Crippen LogP contribution in [0.2, 0.25) is 0 Å². The van der Waals surface area contributed by atoms with Crippen LogP contribution < -0.4 is 26.3 Å². The molecule has 5 aromatic rings. The molecule has 0 aliphatic carbocycles. The average Bonchev–Trinajstić information content (AvgIpc) is 3.62. The third kappa shape index (κ3) is 6.96. The molecule has 5 N–H and O–H groups in total. The summed E-state index contributed by atoms with van der Waals surface area (Å²) in [5.74, 6) is 1.91. The van der Waals surface area contributed by atoms with Crippen LogP contribution >= 0.6 is 0 Å². The van der Waals surface area contributed by atoms with E-state index in [1.165, 1.54) is 11.4 Å². The zero-order valence-electron chi connectivity index (χ0n) is 28.2. The first kappa shape index (κ1) is 33.6. The Labute approximate surface area is 296 Å². The predicted octanol–water partition coefficient (Wildman–Crippen LogP) is 5.14. The molecule has 0 unspecified atom stereocenters. The van der Waals surface area contributed by atoms with Gasteiger partial charge in [0.05, 0.1) is 36.2 Å². The van der Waals surface area contributed by atoms with Crippen molar-refractivity contribution in [2.45, 2.75) is 30.2 Å². The van der Waals surface area contributed by atoms with E-state index in [1.807, 2.05) is 42.5 Å². The molecule has 1 saturated heterocycles. The summed E-state index contributed by atoms with van der Waals surface area (Å²) >= 11 is 0. The Morgan fingerprint density at radius 3 is 2.22 bits per heavy atom. The molecule has 1 atom stereocenters. The van der Waals surface area contributed by atoms with Crippen LogP contribution in [-0.2, 0) is 10.0 Å². The number of hydrogen-bond acceptors (Lipinski definition) is 12. The maximum atomic E-state index is 13.8. The molecule has 0 saturated carbocycles. The van der Waals surface area contributed by atoms with Gasteiger partial charge in [0, 0.05) is 55.3 Å². The van der Waals surface area contributed by atoms with Gasteiger partial charge in [0.1, 0.15) is 0 Å². The molecule has 2 aliphatic heterocycles. The maximum absolute atomic E-state index is 13.8. The highest BCUT2D eigenvalue weighted by Gasteiger charge is 2.31. The van der Waals surface area contributed by atoms with E-state index in [4.69, 9.17) is 30.9 Å². The zero-order chi connectivity index (χ0) is 35.5. The average molecular weight is 704 g/mol. The van der Waals surface area contributed by atoms with Crippen molar-refractivity contribution in [3.8, 4) is 22.6 Å². The largest absolute Gasteiger partial charge is 0.493 e. The van der Waals surface area contributed by atoms with E-state index >= 15 is 0 Å². The number of benzene rings is 2. The highest BCUT2D eigenvalue weighted by atomic mass is 32.2. The first-order chi connectivity index (χ1) is 24.7. The Balaban J connectivity index is 1.11. The molecule has 0 spiro atoms. The molecule has 5 heterocycles. The molecular weight excluding hydrogens is 667 g/mol. The van der Waals surface area contributed by atoms with Crippen molar-refractivity contribution in [1.82, 2.24) is 24.2 Å². The number of methoxy groups -OCH3 is 2. The van der Waals surface area contributed by atoms with Crippen LogP contribution in [0.1, 0.15) is 36.1 Å². The monoisotopic (exact) mass is 703 g/mol. The molecule has 2 aromatic carbocycles. The number of allylic oxidation sites excluding steroid dienone is 1. The number of sulfonamides is 1. The second kappa shape index (κ2) is 14.2. The molecular formula is C37H37N9O4S. The van der Waals surface area contributed by atoms with Crippen molar-refractivity contribution in [2.24, 2.45) is 4.99 Å². The first-order valence-electron chi connectivity index (χ1n) is 16.4. The molecule has 3 aromatic heterocycles. The summed E-state index contributed by atoms with van der Waals surface area (Å²) in [6.07, 6.45) is 7.02. The topological polar surface area (TPSA) is 184 Å². The predicted molar refractivity (Wildman–Crippen MR) is 198 cm³/mol. The highest BCUT2D eigenvalue weighted by molar-refractivity contribution is 7.89. The standard InChI is InChI=1S/C37H37N9O4S/c1-49-32-17-25(20-41-35(32)38)23-10-12-28(13-11-23)51(47,48)46-16-6-9-27(22-46)43-37-40-15-14-30(45-37)34-29(26-18-33(50-2)36(39)42-21-26)19-31(44-34)24-7-4-3-5-8-24/h3-5,7-8,10-15,17-18,20-21,27H,6,9,16,19,22H2,1-2H3,(H2,38,41)(H2,39,42)(H,40,43,45)/t27-/m1/s1. The lowest BCUT2D eigenvalue weighted by molar-refractivity contribution is 0.326. The van der Waals surface area contributed by atoms with Crippen LogP contribution in [0.25, 0.3) is 22.4 Å². The minimum atomic E-state index is -3.76. The normalized spacial score (nSPS) is 16.5. The van der Waals surface area contributed by atoms with E-state index in [-0.39, 0.29) is 23.3 Å². The summed E-state index contributed by atoms with van der Waals surface area (Å²) in [6.45, 7) is 0.673. The summed E-state index contributed by atoms with van der Waals surface area (Å²) < 4.78 is 39.8. The zero-order valence-corrected chi connectivity index (χ0v) is 29.0. The fourth-order valence-electron chi connectivity index (χ4n) is 6.29. The minimum Gasteiger partial charge on any atom is -0.493 e. The summed E-state index contributed by atoms with van der Waals surface area (Å²) in [5.41, 5.74) is 18.4.